The second kappa shape index (κ2) is 7.84. The predicted octanol–water partition coefficient (Wildman–Crippen LogP) is 4.65. The van der Waals surface area contributed by atoms with Gasteiger partial charge in [-0.05, 0) is 47.9 Å². The van der Waals surface area contributed by atoms with Crippen LogP contribution in [0.25, 0.3) is 0 Å². The van der Waals surface area contributed by atoms with Crippen LogP contribution in [0.4, 0.5) is 13.2 Å². The van der Waals surface area contributed by atoms with E-state index in [0.29, 0.717) is 24.2 Å². The average molecular weight is 395 g/mol. The van der Waals surface area contributed by atoms with Gasteiger partial charge in [-0.3, -0.25) is 4.79 Å². The number of alkyl halides is 3. The number of thioether (sulfide) groups is 1. The maximum absolute atomic E-state index is 13.2. The summed E-state index contributed by atoms with van der Waals surface area (Å²) in [5.74, 6) is -1.09. The normalized spacial score (nSPS) is 17.2. The third-order valence-electron chi connectivity index (χ3n) is 4.81. The van der Waals surface area contributed by atoms with Crippen LogP contribution in [0.5, 0.6) is 5.75 Å². The summed E-state index contributed by atoms with van der Waals surface area (Å²) in [6.07, 6.45) is -2.29. The van der Waals surface area contributed by atoms with E-state index in [-0.39, 0.29) is 6.54 Å². The van der Waals surface area contributed by atoms with Crippen molar-refractivity contribution in [3.63, 3.8) is 0 Å². The fourth-order valence-corrected chi connectivity index (χ4v) is 4.08. The van der Waals surface area contributed by atoms with Gasteiger partial charge in [-0.25, -0.2) is 0 Å². The molecule has 0 radical (unpaired) electrons. The number of nitrogens with zero attached hydrogens (tertiary/aromatic N) is 1. The molecule has 3 nitrogen and oxygen atoms in total. The number of hydrogen-bond acceptors (Lipinski definition) is 3. The van der Waals surface area contributed by atoms with E-state index < -0.39 is 18.1 Å². The Morgan fingerprint density at radius 3 is 2.48 bits per heavy atom. The molecule has 1 heterocycles. The van der Waals surface area contributed by atoms with Gasteiger partial charge in [0.25, 0.3) is 0 Å². The molecule has 1 unspecified atom stereocenters. The Morgan fingerprint density at radius 1 is 1.19 bits per heavy atom. The lowest BCUT2D eigenvalue weighted by atomic mass is 9.95. The van der Waals surface area contributed by atoms with E-state index in [2.05, 4.69) is 0 Å². The van der Waals surface area contributed by atoms with Gasteiger partial charge in [0.05, 0.1) is 13.2 Å². The van der Waals surface area contributed by atoms with Crippen LogP contribution in [0.15, 0.2) is 47.4 Å². The molecular formula is C20H20F3NO2S. The first-order valence-corrected chi connectivity index (χ1v) is 9.74. The van der Waals surface area contributed by atoms with E-state index in [9.17, 15) is 18.0 Å². The van der Waals surface area contributed by atoms with E-state index in [1.54, 1.807) is 37.4 Å². The molecule has 1 amide bonds. The Kier molecular flexibility index (Phi) is 5.69. The second-order valence-corrected chi connectivity index (χ2v) is 7.20. The van der Waals surface area contributed by atoms with Gasteiger partial charge in [0, 0.05) is 11.4 Å². The van der Waals surface area contributed by atoms with Crippen LogP contribution in [0.3, 0.4) is 0 Å². The third-order valence-corrected chi connectivity index (χ3v) is 5.56. The number of carbonyl (C=O) groups is 1. The summed E-state index contributed by atoms with van der Waals surface area (Å²) in [7, 11) is 1.58. The van der Waals surface area contributed by atoms with Crippen LogP contribution in [0.1, 0.15) is 22.7 Å². The van der Waals surface area contributed by atoms with Crippen molar-refractivity contribution in [2.45, 2.75) is 30.0 Å². The van der Waals surface area contributed by atoms with Gasteiger partial charge in [-0.2, -0.15) is 13.2 Å². The molecule has 1 aliphatic rings. The fourth-order valence-electron chi connectivity index (χ4n) is 3.48. The highest BCUT2D eigenvalue weighted by Gasteiger charge is 2.45. The summed E-state index contributed by atoms with van der Waals surface area (Å²) in [4.78, 5) is 14.0. The molecule has 0 aromatic heterocycles. The van der Waals surface area contributed by atoms with Gasteiger partial charge in [0.1, 0.15) is 5.75 Å². The molecule has 2 aromatic rings. The van der Waals surface area contributed by atoms with Crippen LogP contribution in [-0.2, 0) is 17.6 Å². The molecule has 0 aliphatic carbocycles. The molecule has 1 atom stereocenters. The van der Waals surface area contributed by atoms with Crippen LogP contribution < -0.4 is 4.74 Å². The fraction of sp³-hybridized carbons (Fsp3) is 0.350. The topological polar surface area (TPSA) is 29.5 Å². The van der Waals surface area contributed by atoms with Crippen molar-refractivity contribution in [2.75, 3.05) is 19.9 Å². The summed E-state index contributed by atoms with van der Waals surface area (Å²) < 4.78 is 45.1. The van der Waals surface area contributed by atoms with Gasteiger partial charge < -0.3 is 9.64 Å². The summed E-state index contributed by atoms with van der Waals surface area (Å²) in [5, 5.41) is 0. The number of hydrogen-bond donors (Lipinski definition) is 0. The van der Waals surface area contributed by atoms with Crippen molar-refractivity contribution in [1.29, 1.82) is 0 Å². The number of rotatable bonds is 3. The Balaban J connectivity index is 2.07. The number of halogens is 3. The zero-order valence-electron chi connectivity index (χ0n) is 15.0. The molecule has 7 heteroatoms. The summed E-state index contributed by atoms with van der Waals surface area (Å²) in [6.45, 7) is 0.0189. The molecule has 0 saturated carbocycles. The van der Waals surface area contributed by atoms with Crippen molar-refractivity contribution in [3.05, 3.63) is 59.2 Å². The zero-order valence-corrected chi connectivity index (χ0v) is 15.9. The lowest BCUT2D eigenvalue weighted by Crippen LogP contribution is -2.44. The van der Waals surface area contributed by atoms with Crippen LogP contribution >= 0.6 is 11.8 Å². The van der Waals surface area contributed by atoms with Gasteiger partial charge in [0.15, 0.2) is 0 Å². The molecule has 3 rings (SSSR count). The van der Waals surface area contributed by atoms with Crippen molar-refractivity contribution in [2.24, 2.45) is 0 Å². The number of fused-ring (bicyclic) bond motifs is 1. The van der Waals surface area contributed by atoms with Crippen LogP contribution in [-0.4, -0.2) is 36.9 Å². The van der Waals surface area contributed by atoms with E-state index in [1.165, 1.54) is 11.8 Å². The molecule has 0 spiro atoms. The van der Waals surface area contributed by atoms with E-state index in [0.717, 1.165) is 20.9 Å². The predicted molar refractivity (Wildman–Crippen MR) is 99.1 cm³/mol. The first kappa shape index (κ1) is 19.6. The molecule has 2 aromatic carbocycles. The number of methoxy groups -OCH3 is 1. The van der Waals surface area contributed by atoms with Crippen LogP contribution in [0, 0.1) is 0 Å². The lowest BCUT2D eigenvalue weighted by Gasteiger charge is -2.31. The SMILES string of the molecule is COc1cc2c(cc1SC)CCN(C(=O)C(F)(F)F)C(c1ccccc1)C2. The zero-order chi connectivity index (χ0) is 19.6. The first-order chi connectivity index (χ1) is 12.8. The monoisotopic (exact) mass is 395 g/mol. The molecule has 0 saturated heterocycles. The smallest absolute Gasteiger partial charge is 0.471 e. The highest BCUT2D eigenvalue weighted by atomic mass is 32.2. The second-order valence-electron chi connectivity index (χ2n) is 6.35. The Bertz CT molecular complexity index is 824. The highest BCUT2D eigenvalue weighted by Crippen LogP contribution is 2.37. The van der Waals surface area contributed by atoms with E-state index in [1.807, 2.05) is 18.4 Å². The maximum atomic E-state index is 13.2. The van der Waals surface area contributed by atoms with Gasteiger partial charge in [0.2, 0.25) is 0 Å². The number of ether oxygens (including phenoxy) is 1. The van der Waals surface area contributed by atoms with E-state index >= 15 is 0 Å². The summed E-state index contributed by atoms with van der Waals surface area (Å²) >= 11 is 1.52. The van der Waals surface area contributed by atoms with E-state index in [4.69, 9.17) is 4.74 Å². The van der Waals surface area contributed by atoms with Crippen LogP contribution in [0.2, 0.25) is 0 Å². The van der Waals surface area contributed by atoms with Gasteiger partial charge >= 0.3 is 12.1 Å². The van der Waals surface area contributed by atoms with Crippen molar-refractivity contribution < 1.29 is 22.7 Å². The largest absolute Gasteiger partial charge is 0.496 e. The Hall–Kier alpha value is -2.15. The minimum absolute atomic E-state index is 0.0189. The molecule has 0 fully saturated rings. The minimum Gasteiger partial charge on any atom is -0.496 e. The number of benzene rings is 2. The van der Waals surface area contributed by atoms with Gasteiger partial charge in [-0.15, -0.1) is 11.8 Å². The summed E-state index contributed by atoms with van der Waals surface area (Å²) in [5.41, 5.74) is 2.56. The summed E-state index contributed by atoms with van der Waals surface area (Å²) in [6, 6.07) is 12.0. The standard InChI is InChI=1S/C20H20F3NO2S/c1-26-17-11-15-10-16(13-6-4-3-5-7-13)24(19(25)20(21,22)23)9-8-14(15)12-18(17)27-2/h3-7,11-12,16H,8-10H2,1-2H3. The third kappa shape index (κ3) is 4.08. The Labute approximate surface area is 160 Å². The average Bonchev–Trinajstić information content (AvgIpc) is 2.85. The minimum atomic E-state index is -4.90. The molecule has 27 heavy (non-hydrogen) atoms. The first-order valence-electron chi connectivity index (χ1n) is 8.51. The molecule has 0 N–H and O–H groups in total. The van der Waals surface area contributed by atoms with Gasteiger partial charge in [-0.1, -0.05) is 30.3 Å². The Morgan fingerprint density at radius 2 is 1.89 bits per heavy atom. The molecular weight excluding hydrogens is 375 g/mol. The lowest BCUT2D eigenvalue weighted by molar-refractivity contribution is -0.188. The molecule has 144 valence electrons. The highest BCUT2D eigenvalue weighted by molar-refractivity contribution is 7.98. The molecule has 1 aliphatic heterocycles. The maximum Gasteiger partial charge on any atom is 0.471 e. The number of amides is 1. The quantitative estimate of drug-likeness (QED) is 0.709. The van der Waals surface area contributed by atoms with Crippen molar-refractivity contribution >= 4 is 17.7 Å². The number of carbonyl (C=O) groups excluding carboxylic acids is 1. The van der Waals surface area contributed by atoms with Crippen molar-refractivity contribution in [1.82, 2.24) is 4.90 Å². The van der Waals surface area contributed by atoms with Crippen molar-refractivity contribution in [3.8, 4) is 5.75 Å². The molecule has 0 bridgehead atoms.